The molecule has 0 amide bonds. The van der Waals surface area contributed by atoms with Gasteiger partial charge in [0.2, 0.25) is 10.0 Å². The van der Waals surface area contributed by atoms with Gasteiger partial charge in [0.05, 0.1) is 11.8 Å². The van der Waals surface area contributed by atoms with Crippen molar-refractivity contribution in [2.75, 3.05) is 24.2 Å². The summed E-state index contributed by atoms with van der Waals surface area (Å²) in [4.78, 5) is -0.0429. The Hall–Kier alpha value is -1.31. The van der Waals surface area contributed by atoms with Crippen molar-refractivity contribution in [1.82, 2.24) is 0 Å². The lowest BCUT2D eigenvalue weighted by Crippen LogP contribution is -2.23. The topological polar surface area (TPSA) is 107 Å². The third-order valence-corrected chi connectivity index (χ3v) is 4.62. The molecule has 0 bridgehead atoms. The van der Waals surface area contributed by atoms with Gasteiger partial charge in [0.1, 0.15) is 4.90 Å². The molecular weight excluding hydrogens is 278 g/mol. The second kappa shape index (κ2) is 5.99. The van der Waals surface area contributed by atoms with E-state index in [4.69, 9.17) is 15.6 Å². The first-order valence-electron chi connectivity index (χ1n) is 6.69. The minimum absolute atomic E-state index is 0.0429. The third kappa shape index (κ3) is 3.41. The van der Waals surface area contributed by atoms with Crippen LogP contribution in [-0.4, -0.2) is 27.7 Å². The summed E-state index contributed by atoms with van der Waals surface area (Å²) in [6.45, 7) is 3.70. The molecule has 0 spiro atoms. The van der Waals surface area contributed by atoms with Crippen molar-refractivity contribution >= 4 is 21.4 Å². The summed E-state index contributed by atoms with van der Waals surface area (Å²) in [7, 11) is -3.77. The fourth-order valence-electron chi connectivity index (χ4n) is 2.54. The van der Waals surface area contributed by atoms with E-state index in [1.54, 1.807) is 12.1 Å². The van der Waals surface area contributed by atoms with Gasteiger partial charge in [-0.3, -0.25) is 0 Å². The van der Waals surface area contributed by atoms with E-state index < -0.39 is 10.0 Å². The van der Waals surface area contributed by atoms with Gasteiger partial charge in [0, 0.05) is 24.8 Å². The highest BCUT2D eigenvalue weighted by Crippen LogP contribution is 2.25. The smallest absolute Gasteiger partial charge is 0.240 e. The van der Waals surface area contributed by atoms with E-state index in [0.717, 1.165) is 31.7 Å². The first kappa shape index (κ1) is 15.1. The number of nitrogens with one attached hydrogen (secondary N) is 1. The van der Waals surface area contributed by atoms with Crippen LogP contribution in [0.15, 0.2) is 23.1 Å². The highest BCUT2D eigenvalue weighted by molar-refractivity contribution is 7.89. The minimum atomic E-state index is -3.77. The van der Waals surface area contributed by atoms with Gasteiger partial charge < -0.3 is 15.8 Å². The van der Waals surface area contributed by atoms with Crippen LogP contribution in [0.2, 0.25) is 0 Å². The zero-order valence-electron chi connectivity index (χ0n) is 11.5. The SMILES string of the molecule is CCC1OCCC1CNc1ccc(S(N)(=O)=O)c(N)c1. The number of rotatable bonds is 5. The molecule has 1 heterocycles. The molecule has 1 saturated heterocycles. The highest BCUT2D eigenvalue weighted by atomic mass is 32.2. The Morgan fingerprint density at radius 2 is 2.20 bits per heavy atom. The predicted molar refractivity (Wildman–Crippen MR) is 78.9 cm³/mol. The van der Waals surface area contributed by atoms with Gasteiger partial charge >= 0.3 is 0 Å². The molecule has 0 saturated carbocycles. The fourth-order valence-corrected chi connectivity index (χ4v) is 3.19. The first-order chi connectivity index (χ1) is 9.41. The van der Waals surface area contributed by atoms with Crippen LogP contribution in [0.1, 0.15) is 19.8 Å². The maximum atomic E-state index is 11.3. The van der Waals surface area contributed by atoms with Crippen LogP contribution >= 0.6 is 0 Å². The standard InChI is InChI=1S/C13H21N3O3S/c1-2-12-9(5-6-19-12)8-16-10-3-4-13(11(14)7-10)20(15,17)18/h3-4,7,9,12,16H,2,5-6,8,14H2,1H3,(H2,15,17,18). The Bertz CT molecular complexity index is 574. The van der Waals surface area contributed by atoms with Crippen LogP contribution in [0.4, 0.5) is 11.4 Å². The van der Waals surface area contributed by atoms with E-state index >= 15 is 0 Å². The highest BCUT2D eigenvalue weighted by Gasteiger charge is 2.26. The Labute approximate surface area is 119 Å². The Morgan fingerprint density at radius 1 is 1.45 bits per heavy atom. The van der Waals surface area contributed by atoms with E-state index in [1.807, 2.05) is 0 Å². The van der Waals surface area contributed by atoms with Crippen molar-refractivity contribution in [1.29, 1.82) is 0 Å². The molecule has 7 heteroatoms. The van der Waals surface area contributed by atoms with E-state index in [1.165, 1.54) is 6.07 Å². The van der Waals surface area contributed by atoms with Gasteiger partial charge in [0.15, 0.2) is 0 Å². The number of hydrogen-bond acceptors (Lipinski definition) is 5. The summed E-state index contributed by atoms with van der Waals surface area (Å²) in [5.74, 6) is 0.471. The summed E-state index contributed by atoms with van der Waals surface area (Å²) in [6, 6.07) is 4.69. The molecule has 20 heavy (non-hydrogen) atoms. The molecule has 1 aliphatic heterocycles. The number of nitrogens with two attached hydrogens (primary N) is 2. The molecule has 1 aliphatic rings. The van der Waals surface area contributed by atoms with Gasteiger partial charge in [-0.15, -0.1) is 0 Å². The minimum Gasteiger partial charge on any atom is -0.398 e. The molecule has 1 aromatic rings. The molecule has 2 rings (SSSR count). The van der Waals surface area contributed by atoms with Crippen molar-refractivity contribution < 1.29 is 13.2 Å². The zero-order valence-corrected chi connectivity index (χ0v) is 12.3. The van der Waals surface area contributed by atoms with E-state index in [0.29, 0.717) is 12.0 Å². The monoisotopic (exact) mass is 299 g/mol. The predicted octanol–water partition coefficient (Wildman–Crippen LogP) is 1.14. The second-order valence-corrected chi connectivity index (χ2v) is 6.57. The van der Waals surface area contributed by atoms with Gasteiger partial charge in [-0.1, -0.05) is 6.92 Å². The first-order valence-corrected chi connectivity index (χ1v) is 8.24. The van der Waals surface area contributed by atoms with Crippen molar-refractivity contribution in [3.8, 4) is 0 Å². The molecule has 0 aliphatic carbocycles. The number of anilines is 2. The lowest BCUT2D eigenvalue weighted by Gasteiger charge is -2.18. The van der Waals surface area contributed by atoms with Crippen LogP contribution < -0.4 is 16.2 Å². The molecule has 112 valence electrons. The molecule has 1 fully saturated rings. The van der Waals surface area contributed by atoms with Crippen LogP contribution in [0.3, 0.4) is 0 Å². The van der Waals surface area contributed by atoms with Gasteiger partial charge in [-0.05, 0) is 31.0 Å². The summed E-state index contributed by atoms with van der Waals surface area (Å²) in [5, 5.41) is 8.35. The van der Waals surface area contributed by atoms with Crippen molar-refractivity contribution in [2.24, 2.45) is 11.1 Å². The van der Waals surface area contributed by atoms with Gasteiger partial charge in [-0.2, -0.15) is 0 Å². The lowest BCUT2D eigenvalue weighted by atomic mass is 9.99. The van der Waals surface area contributed by atoms with Gasteiger partial charge in [-0.25, -0.2) is 13.6 Å². The molecule has 2 unspecified atom stereocenters. The maximum absolute atomic E-state index is 11.3. The third-order valence-electron chi connectivity index (χ3n) is 3.63. The summed E-state index contributed by atoms with van der Waals surface area (Å²) in [6.07, 6.45) is 2.33. The summed E-state index contributed by atoms with van der Waals surface area (Å²) >= 11 is 0. The number of ether oxygens (including phenoxy) is 1. The molecule has 2 atom stereocenters. The summed E-state index contributed by atoms with van der Waals surface area (Å²) in [5.41, 5.74) is 6.67. The zero-order chi connectivity index (χ0) is 14.8. The molecule has 0 aromatic heterocycles. The molecular formula is C13H21N3O3S. The van der Waals surface area contributed by atoms with Gasteiger partial charge in [0.25, 0.3) is 0 Å². The van der Waals surface area contributed by atoms with Crippen LogP contribution in [0, 0.1) is 5.92 Å². The van der Waals surface area contributed by atoms with Crippen molar-refractivity contribution in [3.63, 3.8) is 0 Å². The number of benzene rings is 1. The lowest BCUT2D eigenvalue weighted by molar-refractivity contribution is 0.0900. The molecule has 5 N–H and O–H groups in total. The van der Waals surface area contributed by atoms with Crippen LogP contribution in [0.25, 0.3) is 0 Å². The average molecular weight is 299 g/mol. The Balaban J connectivity index is 2.02. The number of sulfonamides is 1. The van der Waals surface area contributed by atoms with E-state index in [2.05, 4.69) is 12.2 Å². The molecule has 1 aromatic carbocycles. The molecule has 0 radical (unpaired) electrons. The summed E-state index contributed by atoms with van der Waals surface area (Å²) < 4.78 is 28.2. The quantitative estimate of drug-likeness (QED) is 0.707. The normalized spacial score (nSPS) is 22.9. The number of hydrogen-bond donors (Lipinski definition) is 3. The van der Waals surface area contributed by atoms with Crippen molar-refractivity contribution in [2.45, 2.75) is 30.8 Å². The Kier molecular flexibility index (Phi) is 4.52. The second-order valence-electron chi connectivity index (χ2n) is 5.04. The Morgan fingerprint density at radius 3 is 2.80 bits per heavy atom. The maximum Gasteiger partial charge on any atom is 0.240 e. The van der Waals surface area contributed by atoms with Crippen LogP contribution in [0.5, 0.6) is 0 Å². The van der Waals surface area contributed by atoms with Crippen molar-refractivity contribution in [3.05, 3.63) is 18.2 Å². The molecule has 6 nitrogen and oxygen atoms in total. The van der Waals surface area contributed by atoms with Crippen LogP contribution in [-0.2, 0) is 14.8 Å². The largest absolute Gasteiger partial charge is 0.398 e. The van der Waals surface area contributed by atoms with E-state index in [-0.39, 0.29) is 10.6 Å². The number of primary sulfonamides is 1. The average Bonchev–Trinajstić information content (AvgIpc) is 2.82. The van der Waals surface area contributed by atoms with E-state index in [9.17, 15) is 8.42 Å². The fraction of sp³-hybridized carbons (Fsp3) is 0.538. The number of nitrogen functional groups attached to an aromatic ring is 1.